The maximum atomic E-state index is 13.4. The first-order valence-corrected chi connectivity index (χ1v) is 10.6. The molecular formula is C22H24ClFN4O3. The number of piperazine rings is 1. The molecule has 2 saturated heterocycles. The zero-order chi connectivity index (χ0) is 21.8. The smallest absolute Gasteiger partial charge is 0.321 e. The van der Waals surface area contributed by atoms with Gasteiger partial charge in [-0.25, -0.2) is 9.18 Å². The normalized spacial score (nSPS) is 16.9. The summed E-state index contributed by atoms with van der Waals surface area (Å²) in [4.78, 5) is 30.6. The van der Waals surface area contributed by atoms with E-state index in [0.29, 0.717) is 55.7 Å². The van der Waals surface area contributed by atoms with Crippen molar-refractivity contribution in [3.63, 3.8) is 0 Å². The first kappa shape index (κ1) is 21.4. The Morgan fingerprint density at radius 3 is 2.32 bits per heavy atom. The van der Waals surface area contributed by atoms with Gasteiger partial charge in [-0.2, -0.15) is 0 Å². The maximum Gasteiger partial charge on any atom is 0.321 e. The van der Waals surface area contributed by atoms with Crippen molar-refractivity contribution in [2.45, 2.75) is 0 Å². The minimum atomic E-state index is -0.442. The second-order valence-electron chi connectivity index (χ2n) is 7.49. The van der Waals surface area contributed by atoms with E-state index in [0.717, 1.165) is 18.8 Å². The summed E-state index contributed by atoms with van der Waals surface area (Å²) in [5.74, 6) is -0.674. The summed E-state index contributed by atoms with van der Waals surface area (Å²) in [5.41, 5.74) is 1.85. The molecule has 0 spiro atoms. The van der Waals surface area contributed by atoms with Crippen LogP contribution in [0.2, 0.25) is 5.02 Å². The summed E-state index contributed by atoms with van der Waals surface area (Å²) in [6, 6.07) is 10.9. The minimum absolute atomic E-state index is 0.231. The number of urea groups is 1. The summed E-state index contributed by atoms with van der Waals surface area (Å²) < 4.78 is 18.7. The van der Waals surface area contributed by atoms with E-state index in [4.69, 9.17) is 16.3 Å². The molecule has 0 unspecified atom stereocenters. The van der Waals surface area contributed by atoms with Crippen LogP contribution in [-0.4, -0.2) is 74.2 Å². The minimum Gasteiger partial charge on any atom is -0.378 e. The van der Waals surface area contributed by atoms with Gasteiger partial charge in [0.25, 0.3) is 5.91 Å². The van der Waals surface area contributed by atoms with Gasteiger partial charge in [-0.1, -0.05) is 17.7 Å². The molecule has 2 aliphatic rings. The van der Waals surface area contributed by atoms with E-state index in [9.17, 15) is 14.0 Å². The van der Waals surface area contributed by atoms with Crippen molar-refractivity contribution in [3.8, 4) is 0 Å². The lowest BCUT2D eigenvalue weighted by molar-refractivity contribution is 0.0671. The van der Waals surface area contributed by atoms with Gasteiger partial charge in [0.1, 0.15) is 5.82 Å². The molecule has 2 aliphatic heterocycles. The Bertz CT molecular complexity index is 960. The lowest BCUT2D eigenvalue weighted by Crippen LogP contribution is -2.51. The van der Waals surface area contributed by atoms with Crippen LogP contribution in [0.4, 0.5) is 20.6 Å². The standard InChI is InChI=1S/C22H24ClFN4O3/c23-19-15-18(4-5-20(19)26-10-12-31-13-11-26)25-22(30)28-8-6-27(7-9-28)21(29)16-2-1-3-17(24)14-16/h1-5,14-15H,6-13H2,(H,25,30). The van der Waals surface area contributed by atoms with Crippen LogP contribution in [0.25, 0.3) is 0 Å². The Kier molecular flexibility index (Phi) is 6.58. The van der Waals surface area contributed by atoms with Gasteiger partial charge in [0.2, 0.25) is 0 Å². The maximum absolute atomic E-state index is 13.4. The van der Waals surface area contributed by atoms with E-state index in [1.54, 1.807) is 21.9 Å². The fraction of sp³-hybridized carbons (Fsp3) is 0.364. The lowest BCUT2D eigenvalue weighted by Gasteiger charge is -2.35. The predicted octanol–water partition coefficient (Wildman–Crippen LogP) is 3.31. The van der Waals surface area contributed by atoms with Gasteiger partial charge in [-0.15, -0.1) is 0 Å². The number of nitrogens with zero attached hydrogens (tertiary/aromatic N) is 3. The Balaban J connectivity index is 1.32. The highest BCUT2D eigenvalue weighted by Crippen LogP contribution is 2.29. The lowest BCUT2D eigenvalue weighted by atomic mass is 10.2. The number of halogens is 2. The van der Waals surface area contributed by atoms with Crippen LogP contribution < -0.4 is 10.2 Å². The number of ether oxygens (including phenoxy) is 1. The molecule has 0 aromatic heterocycles. The summed E-state index contributed by atoms with van der Waals surface area (Å²) in [7, 11) is 0. The van der Waals surface area contributed by atoms with Crippen LogP contribution in [0.5, 0.6) is 0 Å². The number of benzene rings is 2. The number of morpholine rings is 1. The van der Waals surface area contributed by atoms with Crippen LogP contribution in [0, 0.1) is 5.82 Å². The van der Waals surface area contributed by atoms with Gasteiger partial charge in [-0.05, 0) is 36.4 Å². The number of hydrogen-bond acceptors (Lipinski definition) is 4. The Hall–Kier alpha value is -2.84. The van der Waals surface area contributed by atoms with E-state index >= 15 is 0 Å². The molecule has 2 fully saturated rings. The van der Waals surface area contributed by atoms with Gasteiger partial charge in [0.05, 0.1) is 23.9 Å². The number of anilines is 2. The topological polar surface area (TPSA) is 65.1 Å². The van der Waals surface area contributed by atoms with E-state index in [1.165, 1.54) is 18.2 Å². The summed E-state index contributed by atoms with van der Waals surface area (Å²) in [5, 5.41) is 3.45. The molecule has 164 valence electrons. The van der Waals surface area contributed by atoms with E-state index in [2.05, 4.69) is 10.2 Å². The molecule has 4 rings (SSSR count). The molecule has 31 heavy (non-hydrogen) atoms. The predicted molar refractivity (Wildman–Crippen MR) is 117 cm³/mol. The molecule has 0 atom stereocenters. The number of hydrogen-bond donors (Lipinski definition) is 1. The molecule has 0 saturated carbocycles. The van der Waals surface area contributed by atoms with Gasteiger partial charge < -0.3 is 24.8 Å². The van der Waals surface area contributed by atoms with Gasteiger partial charge in [0, 0.05) is 50.5 Å². The fourth-order valence-electron chi connectivity index (χ4n) is 3.76. The van der Waals surface area contributed by atoms with Crippen molar-refractivity contribution in [3.05, 3.63) is 58.9 Å². The monoisotopic (exact) mass is 446 g/mol. The largest absolute Gasteiger partial charge is 0.378 e. The number of nitrogens with one attached hydrogen (secondary N) is 1. The number of amides is 3. The molecule has 3 amide bonds. The third-order valence-electron chi connectivity index (χ3n) is 5.48. The number of carbonyl (C=O) groups excluding carboxylic acids is 2. The van der Waals surface area contributed by atoms with Crippen molar-refractivity contribution in [2.75, 3.05) is 62.7 Å². The van der Waals surface area contributed by atoms with Gasteiger partial charge in [-0.3, -0.25) is 4.79 Å². The van der Waals surface area contributed by atoms with Crippen LogP contribution >= 0.6 is 11.6 Å². The summed E-state index contributed by atoms with van der Waals surface area (Å²) >= 11 is 6.44. The summed E-state index contributed by atoms with van der Waals surface area (Å²) in [6.07, 6.45) is 0. The first-order chi connectivity index (χ1) is 15.0. The number of rotatable bonds is 3. The highest BCUT2D eigenvalue weighted by molar-refractivity contribution is 6.33. The second kappa shape index (κ2) is 9.53. The van der Waals surface area contributed by atoms with Crippen molar-refractivity contribution in [2.24, 2.45) is 0 Å². The van der Waals surface area contributed by atoms with Gasteiger partial charge in [0.15, 0.2) is 0 Å². The van der Waals surface area contributed by atoms with Crippen LogP contribution in [0.15, 0.2) is 42.5 Å². The molecule has 2 aromatic rings. The Morgan fingerprint density at radius 1 is 0.935 bits per heavy atom. The molecule has 2 aromatic carbocycles. The molecule has 0 radical (unpaired) electrons. The van der Waals surface area contributed by atoms with Crippen molar-refractivity contribution in [1.29, 1.82) is 0 Å². The fourth-order valence-corrected chi connectivity index (χ4v) is 4.06. The van der Waals surface area contributed by atoms with Crippen molar-refractivity contribution in [1.82, 2.24) is 9.80 Å². The van der Waals surface area contributed by atoms with Crippen molar-refractivity contribution >= 4 is 34.9 Å². The second-order valence-corrected chi connectivity index (χ2v) is 7.89. The highest BCUT2D eigenvalue weighted by Gasteiger charge is 2.25. The first-order valence-electron chi connectivity index (χ1n) is 10.2. The molecule has 2 heterocycles. The Morgan fingerprint density at radius 2 is 1.65 bits per heavy atom. The average Bonchev–Trinajstić information content (AvgIpc) is 2.79. The SMILES string of the molecule is O=C(Nc1ccc(N2CCOCC2)c(Cl)c1)N1CCN(C(=O)c2cccc(F)c2)CC1. The quantitative estimate of drug-likeness (QED) is 0.785. The third-order valence-corrected chi connectivity index (χ3v) is 5.78. The highest BCUT2D eigenvalue weighted by atomic mass is 35.5. The van der Waals surface area contributed by atoms with Crippen LogP contribution in [0.3, 0.4) is 0 Å². The molecule has 0 bridgehead atoms. The average molecular weight is 447 g/mol. The van der Waals surface area contributed by atoms with Crippen LogP contribution in [0.1, 0.15) is 10.4 Å². The number of carbonyl (C=O) groups is 2. The van der Waals surface area contributed by atoms with E-state index in [-0.39, 0.29) is 11.9 Å². The molecule has 1 N–H and O–H groups in total. The molecular weight excluding hydrogens is 423 g/mol. The van der Waals surface area contributed by atoms with E-state index in [1.807, 2.05) is 12.1 Å². The molecule has 9 heteroatoms. The zero-order valence-electron chi connectivity index (χ0n) is 17.0. The Labute approximate surface area is 185 Å². The van der Waals surface area contributed by atoms with Crippen molar-refractivity contribution < 1.29 is 18.7 Å². The third kappa shape index (κ3) is 5.08. The summed E-state index contributed by atoms with van der Waals surface area (Å²) in [6.45, 7) is 4.47. The van der Waals surface area contributed by atoms with Gasteiger partial charge >= 0.3 is 6.03 Å². The zero-order valence-corrected chi connectivity index (χ0v) is 17.8. The molecule has 0 aliphatic carbocycles. The van der Waals surface area contributed by atoms with E-state index < -0.39 is 5.82 Å². The van der Waals surface area contributed by atoms with Crippen LogP contribution in [-0.2, 0) is 4.74 Å². The molecule has 7 nitrogen and oxygen atoms in total.